The zero-order valence-corrected chi connectivity index (χ0v) is 11.8. The molecule has 0 unspecified atom stereocenters. The van der Waals surface area contributed by atoms with Gasteiger partial charge in [-0.15, -0.1) is 11.3 Å². The summed E-state index contributed by atoms with van der Waals surface area (Å²) in [5.41, 5.74) is 2.59. The summed E-state index contributed by atoms with van der Waals surface area (Å²) in [5.74, 6) is 0. The summed E-state index contributed by atoms with van der Waals surface area (Å²) in [6.45, 7) is 2.94. The van der Waals surface area contributed by atoms with Gasteiger partial charge in [0, 0.05) is 49.9 Å². The molecule has 2 aromatic rings. The lowest BCUT2D eigenvalue weighted by molar-refractivity contribution is 0.278. The fourth-order valence-corrected chi connectivity index (χ4v) is 3.28. The van der Waals surface area contributed by atoms with Gasteiger partial charge in [-0.2, -0.15) is 0 Å². The van der Waals surface area contributed by atoms with Gasteiger partial charge in [0.05, 0.1) is 6.54 Å². The topological polar surface area (TPSA) is 38.1 Å². The summed E-state index contributed by atoms with van der Waals surface area (Å²) >= 11 is 1.70. The van der Waals surface area contributed by atoms with E-state index in [4.69, 9.17) is 0 Å². The standard InChI is InChI=1S/C14H17N3OS/c1-16-12-5-8-17(10-13-15-6-9-19-13)7-4-11(12)2-3-14(16)18/h2-3,6,9H,4-5,7-8,10H2,1H3. The van der Waals surface area contributed by atoms with Gasteiger partial charge in [0.2, 0.25) is 5.56 Å². The average molecular weight is 275 g/mol. The second-order valence-electron chi connectivity index (χ2n) is 4.90. The molecular formula is C14H17N3OS. The van der Waals surface area contributed by atoms with Crippen LogP contribution in [-0.2, 0) is 26.4 Å². The van der Waals surface area contributed by atoms with Crippen molar-refractivity contribution in [1.29, 1.82) is 0 Å². The van der Waals surface area contributed by atoms with Gasteiger partial charge in [-0.05, 0) is 12.0 Å². The van der Waals surface area contributed by atoms with E-state index in [-0.39, 0.29) is 5.56 Å². The Balaban J connectivity index is 1.78. The van der Waals surface area contributed by atoms with Gasteiger partial charge in [-0.1, -0.05) is 6.07 Å². The lowest BCUT2D eigenvalue weighted by Gasteiger charge is -2.17. The molecule has 19 heavy (non-hydrogen) atoms. The first-order valence-electron chi connectivity index (χ1n) is 6.52. The third-order valence-corrected chi connectivity index (χ3v) is 4.50. The smallest absolute Gasteiger partial charge is 0.250 e. The minimum Gasteiger partial charge on any atom is -0.315 e. The number of thiazole rings is 1. The van der Waals surface area contributed by atoms with Gasteiger partial charge in [-0.3, -0.25) is 9.69 Å². The molecule has 2 aromatic heterocycles. The minimum atomic E-state index is 0.0899. The summed E-state index contributed by atoms with van der Waals surface area (Å²) in [5, 5.41) is 3.19. The predicted octanol–water partition coefficient (Wildman–Crippen LogP) is 1.44. The maximum absolute atomic E-state index is 11.7. The quantitative estimate of drug-likeness (QED) is 0.832. The zero-order chi connectivity index (χ0) is 13.2. The number of nitrogens with zero attached hydrogens (tertiary/aromatic N) is 3. The Morgan fingerprint density at radius 2 is 2.16 bits per heavy atom. The van der Waals surface area contributed by atoms with Gasteiger partial charge >= 0.3 is 0 Å². The van der Waals surface area contributed by atoms with Crippen molar-refractivity contribution in [2.45, 2.75) is 19.4 Å². The molecule has 0 fully saturated rings. The van der Waals surface area contributed by atoms with Crippen molar-refractivity contribution in [2.24, 2.45) is 7.05 Å². The summed E-state index contributed by atoms with van der Waals surface area (Å²) in [6.07, 6.45) is 3.80. The Bertz CT molecular complexity index is 618. The van der Waals surface area contributed by atoms with Crippen LogP contribution in [0.4, 0.5) is 0 Å². The van der Waals surface area contributed by atoms with Crippen LogP contribution in [0, 0.1) is 0 Å². The van der Waals surface area contributed by atoms with Gasteiger partial charge in [0.1, 0.15) is 5.01 Å². The molecule has 0 aromatic carbocycles. The molecule has 0 saturated heterocycles. The lowest BCUT2D eigenvalue weighted by Crippen LogP contribution is -2.26. The van der Waals surface area contributed by atoms with Crippen LogP contribution in [0.5, 0.6) is 0 Å². The summed E-state index contributed by atoms with van der Waals surface area (Å²) in [6, 6.07) is 3.67. The number of pyridine rings is 1. The van der Waals surface area contributed by atoms with E-state index >= 15 is 0 Å². The van der Waals surface area contributed by atoms with E-state index in [9.17, 15) is 4.79 Å². The summed E-state index contributed by atoms with van der Waals surface area (Å²) in [7, 11) is 1.87. The van der Waals surface area contributed by atoms with E-state index in [1.54, 1.807) is 22.0 Å². The monoisotopic (exact) mass is 275 g/mol. The van der Waals surface area contributed by atoms with Crippen molar-refractivity contribution in [2.75, 3.05) is 13.1 Å². The van der Waals surface area contributed by atoms with Crippen LogP contribution >= 0.6 is 11.3 Å². The highest BCUT2D eigenvalue weighted by Gasteiger charge is 2.16. The minimum absolute atomic E-state index is 0.0899. The van der Waals surface area contributed by atoms with Crippen LogP contribution in [0.3, 0.4) is 0 Å². The Morgan fingerprint density at radius 1 is 1.32 bits per heavy atom. The van der Waals surface area contributed by atoms with E-state index in [0.29, 0.717) is 0 Å². The first-order chi connectivity index (χ1) is 9.24. The van der Waals surface area contributed by atoms with Gasteiger partial charge in [-0.25, -0.2) is 4.98 Å². The Hall–Kier alpha value is -1.46. The molecule has 100 valence electrons. The normalized spacial score (nSPS) is 16.1. The van der Waals surface area contributed by atoms with Crippen molar-refractivity contribution in [3.63, 3.8) is 0 Å². The molecule has 0 aliphatic carbocycles. The van der Waals surface area contributed by atoms with E-state index in [1.165, 1.54) is 16.3 Å². The maximum atomic E-state index is 11.7. The van der Waals surface area contributed by atoms with Crippen molar-refractivity contribution in [1.82, 2.24) is 14.5 Å². The van der Waals surface area contributed by atoms with E-state index in [0.717, 1.165) is 32.5 Å². The summed E-state index contributed by atoms with van der Waals surface area (Å²) in [4.78, 5) is 18.4. The fourth-order valence-electron chi connectivity index (χ4n) is 2.62. The first-order valence-corrected chi connectivity index (χ1v) is 7.40. The second kappa shape index (κ2) is 5.27. The first kappa shape index (κ1) is 12.6. The largest absolute Gasteiger partial charge is 0.315 e. The van der Waals surface area contributed by atoms with Crippen LogP contribution in [0.15, 0.2) is 28.5 Å². The molecule has 0 saturated carbocycles. The van der Waals surface area contributed by atoms with Crippen molar-refractivity contribution < 1.29 is 0 Å². The number of hydrogen-bond donors (Lipinski definition) is 0. The highest BCUT2D eigenvalue weighted by molar-refractivity contribution is 7.09. The highest BCUT2D eigenvalue weighted by Crippen LogP contribution is 2.16. The molecule has 1 aliphatic heterocycles. The molecule has 0 radical (unpaired) electrons. The Morgan fingerprint density at radius 3 is 2.95 bits per heavy atom. The number of fused-ring (bicyclic) bond motifs is 1. The van der Waals surface area contributed by atoms with Crippen LogP contribution < -0.4 is 5.56 Å². The van der Waals surface area contributed by atoms with Crippen LogP contribution in [0.1, 0.15) is 16.3 Å². The SMILES string of the molecule is Cn1c2c(ccc1=O)CCN(Cc1nccs1)CC2. The van der Waals surface area contributed by atoms with Crippen LogP contribution in [-0.4, -0.2) is 27.5 Å². The molecule has 1 aliphatic rings. The maximum Gasteiger partial charge on any atom is 0.250 e. The van der Waals surface area contributed by atoms with Gasteiger partial charge < -0.3 is 4.57 Å². The molecule has 0 spiro atoms. The molecule has 0 bridgehead atoms. The fraction of sp³-hybridized carbons (Fsp3) is 0.429. The van der Waals surface area contributed by atoms with E-state index in [1.807, 2.05) is 24.7 Å². The third kappa shape index (κ3) is 2.62. The number of rotatable bonds is 2. The van der Waals surface area contributed by atoms with E-state index in [2.05, 4.69) is 9.88 Å². The van der Waals surface area contributed by atoms with Crippen LogP contribution in [0.2, 0.25) is 0 Å². The average Bonchev–Trinajstić information content (AvgIpc) is 2.82. The highest BCUT2D eigenvalue weighted by atomic mass is 32.1. The number of aromatic nitrogens is 2. The molecule has 0 N–H and O–H groups in total. The molecule has 3 heterocycles. The molecule has 3 rings (SSSR count). The lowest BCUT2D eigenvalue weighted by atomic mass is 10.1. The predicted molar refractivity (Wildman–Crippen MR) is 76.5 cm³/mol. The van der Waals surface area contributed by atoms with Gasteiger partial charge in [0.15, 0.2) is 0 Å². The van der Waals surface area contributed by atoms with Crippen molar-refractivity contribution >= 4 is 11.3 Å². The summed E-state index contributed by atoms with van der Waals surface area (Å²) < 4.78 is 1.79. The van der Waals surface area contributed by atoms with Gasteiger partial charge in [0.25, 0.3) is 0 Å². The van der Waals surface area contributed by atoms with Crippen molar-refractivity contribution in [3.05, 3.63) is 50.3 Å². The van der Waals surface area contributed by atoms with Crippen LogP contribution in [0.25, 0.3) is 0 Å². The number of hydrogen-bond acceptors (Lipinski definition) is 4. The third-order valence-electron chi connectivity index (χ3n) is 3.74. The zero-order valence-electron chi connectivity index (χ0n) is 11.0. The molecule has 5 heteroatoms. The van der Waals surface area contributed by atoms with Crippen molar-refractivity contribution in [3.8, 4) is 0 Å². The van der Waals surface area contributed by atoms with E-state index < -0.39 is 0 Å². The molecule has 4 nitrogen and oxygen atoms in total. The molecular weight excluding hydrogens is 258 g/mol. The Labute approximate surface area is 116 Å². The second-order valence-corrected chi connectivity index (χ2v) is 5.88. The Kier molecular flexibility index (Phi) is 3.48. The molecule has 0 amide bonds. The molecule has 0 atom stereocenters.